The van der Waals surface area contributed by atoms with Crippen molar-refractivity contribution in [2.24, 2.45) is 10.2 Å². The molecule has 0 unspecified atom stereocenters. The molecule has 0 atom stereocenters. The van der Waals surface area contributed by atoms with Gasteiger partial charge in [-0.15, -0.1) is 0 Å². The predicted molar refractivity (Wildman–Crippen MR) is 80.5 cm³/mol. The first kappa shape index (κ1) is 17.6. The Morgan fingerprint density at radius 1 is 0.905 bits per heavy atom. The van der Waals surface area contributed by atoms with Gasteiger partial charge >= 0.3 is 0 Å². The second kappa shape index (κ2) is 7.51. The number of azo groups is 1. The lowest BCUT2D eigenvalue weighted by atomic mass is 10.1. The van der Waals surface area contributed by atoms with Crippen molar-refractivity contribution in [3.8, 4) is 5.75 Å². The van der Waals surface area contributed by atoms with Crippen LogP contribution in [-0.2, 0) is 6.54 Å². The van der Waals surface area contributed by atoms with Gasteiger partial charge in [-0.05, 0) is 30.3 Å². The lowest BCUT2D eigenvalue weighted by Gasteiger charge is -2.24. The molecule has 0 radical (unpaired) electrons. The molecule has 0 heterocycles. The molecule has 0 amide bonds. The van der Waals surface area contributed by atoms with Gasteiger partial charge in [0.05, 0.1) is 38.1 Å². The van der Waals surface area contributed by atoms with Crippen molar-refractivity contribution >= 4 is 11.4 Å². The van der Waals surface area contributed by atoms with E-state index in [2.05, 4.69) is 31.4 Å². The molecule has 5 heteroatoms. The Morgan fingerprint density at radius 3 is 2.14 bits per heavy atom. The summed E-state index contributed by atoms with van der Waals surface area (Å²) in [6.07, 6.45) is 0. The first-order chi connectivity index (χ1) is 9.44. The van der Waals surface area contributed by atoms with Gasteiger partial charge in [-0.3, -0.25) is 0 Å². The first-order valence-corrected chi connectivity index (χ1v) is 6.53. The third kappa shape index (κ3) is 5.81. The van der Waals surface area contributed by atoms with E-state index in [1.807, 2.05) is 36.4 Å². The lowest BCUT2D eigenvalue weighted by Crippen LogP contribution is -3.00. The van der Waals surface area contributed by atoms with Crippen LogP contribution in [0, 0.1) is 0 Å². The van der Waals surface area contributed by atoms with Gasteiger partial charge in [0.1, 0.15) is 12.3 Å². The van der Waals surface area contributed by atoms with E-state index >= 15 is 0 Å². The summed E-state index contributed by atoms with van der Waals surface area (Å²) in [6.45, 7) is 0.737. The van der Waals surface area contributed by atoms with Crippen molar-refractivity contribution in [2.45, 2.75) is 6.54 Å². The highest BCUT2D eigenvalue weighted by Crippen LogP contribution is 2.26. The van der Waals surface area contributed by atoms with E-state index in [1.54, 1.807) is 12.1 Å². The SMILES string of the molecule is C[N+](C)(C)Cc1cc(N=Nc2ccccc2)ccc1O.[I-]. The van der Waals surface area contributed by atoms with E-state index in [0.717, 1.165) is 28.0 Å². The number of phenols is 1. The van der Waals surface area contributed by atoms with E-state index in [9.17, 15) is 5.11 Å². The topological polar surface area (TPSA) is 45.0 Å². The number of benzene rings is 2. The van der Waals surface area contributed by atoms with Crippen LogP contribution in [0.1, 0.15) is 5.56 Å². The van der Waals surface area contributed by atoms with Crippen LogP contribution in [0.25, 0.3) is 0 Å². The third-order valence-electron chi connectivity index (χ3n) is 2.74. The van der Waals surface area contributed by atoms with Gasteiger partial charge in [-0.1, -0.05) is 18.2 Å². The van der Waals surface area contributed by atoms with Crippen molar-refractivity contribution in [3.63, 3.8) is 0 Å². The van der Waals surface area contributed by atoms with Crippen LogP contribution >= 0.6 is 0 Å². The molecule has 0 aromatic heterocycles. The second-order valence-electron chi connectivity index (χ2n) is 5.80. The van der Waals surface area contributed by atoms with E-state index in [-0.39, 0.29) is 24.0 Å². The lowest BCUT2D eigenvalue weighted by molar-refractivity contribution is -0.884. The zero-order valence-corrected chi connectivity index (χ0v) is 14.7. The fourth-order valence-corrected chi connectivity index (χ4v) is 1.88. The quantitative estimate of drug-likeness (QED) is 0.468. The van der Waals surface area contributed by atoms with Crippen LogP contribution in [0.3, 0.4) is 0 Å². The zero-order chi connectivity index (χ0) is 14.6. The molecule has 2 aromatic rings. The number of quaternary nitrogens is 1. The molecule has 1 N–H and O–H groups in total. The van der Waals surface area contributed by atoms with Crippen LogP contribution in [0.4, 0.5) is 11.4 Å². The summed E-state index contributed by atoms with van der Waals surface area (Å²) in [5.74, 6) is 0.303. The summed E-state index contributed by atoms with van der Waals surface area (Å²) >= 11 is 0. The van der Waals surface area contributed by atoms with E-state index < -0.39 is 0 Å². The zero-order valence-electron chi connectivity index (χ0n) is 12.5. The summed E-state index contributed by atoms with van der Waals surface area (Å²) in [4.78, 5) is 0. The van der Waals surface area contributed by atoms with Gasteiger partial charge < -0.3 is 33.6 Å². The molecule has 4 nitrogen and oxygen atoms in total. The maximum atomic E-state index is 9.90. The summed E-state index contributed by atoms with van der Waals surface area (Å²) < 4.78 is 0.743. The molecule has 2 rings (SSSR count). The van der Waals surface area contributed by atoms with E-state index in [1.165, 1.54) is 0 Å². The second-order valence-corrected chi connectivity index (χ2v) is 5.80. The summed E-state index contributed by atoms with van der Waals surface area (Å²) in [5.41, 5.74) is 2.44. The third-order valence-corrected chi connectivity index (χ3v) is 2.74. The molecule has 0 aliphatic heterocycles. The number of halogens is 1. The highest BCUT2D eigenvalue weighted by Gasteiger charge is 2.12. The van der Waals surface area contributed by atoms with Crippen LogP contribution in [0.2, 0.25) is 0 Å². The van der Waals surface area contributed by atoms with Crippen LogP contribution in [0.15, 0.2) is 58.8 Å². The molecule has 0 fully saturated rings. The van der Waals surface area contributed by atoms with Gasteiger partial charge in [0.2, 0.25) is 0 Å². The van der Waals surface area contributed by atoms with Crippen molar-refractivity contribution < 1.29 is 33.6 Å². The Bertz CT molecular complexity index is 607. The molecule has 0 bridgehead atoms. The standard InChI is InChI=1S/C16H19N3O.HI/c1-19(2,3)12-13-11-15(9-10-16(13)20)18-17-14-7-5-4-6-8-14;/h4-11H,12H2,1-3H3;1H. The van der Waals surface area contributed by atoms with Crippen molar-refractivity contribution in [2.75, 3.05) is 21.1 Å². The van der Waals surface area contributed by atoms with Gasteiger partial charge in [0, 0.05) is 0 Å². The molecular weight excluding hydrogens is 377 g/mol. The van der Waals surface area contributed by atoms with Crippen LogP contribution in [0.5, 0.6) is 5.75 Å². The molecule has 0 aliphatic rings. The van der Waals surface area contributed by atoms with Gasteiger partial charge in [0.25, 0.3) is 0 Å². The Kier molecular flexibility index (Phi) is 6.29. The smallest absolute Gasteiger partial charge is 0.124 e. The molecule has 2 aromatic carbocycles. The average Bonchev–Trinajstić information content (AvgIpc) is 2.39. The number of rotatable bonds is 4. The molecular formula is C16H20IN3O. The Labute approximate surface area is 142 Å². The molecule has 0 aliphatic carbocycles. The number of aromatic hydroxyl groups is 1. The van der Waals surface area contributed by atoms with Crippen LogP contribution in [-0.4, -0.2) is 30.7 Å². The van der Waals surface area contributed by atoms with Crippen molar-refractivity contribution in [1.29, 1.82) is 0 Å². The van der Waals surface area contributed by atoms with Gasteiger partial charge in [0.15, 0.2) is 0 Å². The highest BCUT2D eigenvalue weighted by molar-refractivity contribution is 5.47. The molecule has 0 saturated heterocycles. The minimum atomic E-state index is 0. The predicted octanol–water partition coefficient (Wildman–Crippen LogP) is 1.02. The fraction of sp³-hybridized carbons (Fsp3) is 0.250. The Balaban J connectivity index is 0.00000220. The fourth-order valence-electron chi connectivity index (χ4n) is 1.88. The summed E-state index contributed by atoms with van der Waals surface area (Å²) in [7, 11) is 6.24. The minimum absolute atomic E-state index is 0. The monoisotopic (exact) mass is 397 g/mol. The van der Waals surface area contributed by atoms with Crippen LogP contribution < -0.4 is 24.0 Å². The minimum Gasteiger partial charge on any atom is -1.00 e. The van der Waals surface area contributed by atoms with Gasteiger partial charge in [-0.2, -0.15) is 10.2 Å². The summed E-state index contributed by atoms with van der Waals surface area (Å²) in [6, 6.07) is 14.9. The number of phenolic OH excluding ortho intramolecular Hbond substituents is 1. The summed E-state index contributed by atoms with van der Waals surface area (Å²) in [5, 5.41) is 18.3. The average molecular weight is 397 g/mol. The largest absolute Gasteiger partial charge is 1.00 e. The van der Waals surface area contributed by atoms with E-state index in [4.69, 9.17) is 0 Å². The van der Waals surface area contributed by atoms with Gasteiger partial charge in [-0.25, -0.2) is 0 Å². The Morgan fingerprint density at radius 2 is 1.52 bits per heavy atom. The molecule has 0 spiro atoms. The Hall–Kier alpha value is -1.47. The molecule has 21 heavy (non-hydrogen) atoms. The first-order valence-electron chi connectivity index (χ1n) is 6.53. The maximum Gasteiger partial charge on any atom is 0.124 e. The van der Waals surface area contributed by atoms with Crippen molar-refractivity contribution in [3.05, 3.63) is 54.1 Å². The maximum absolute atomic E-state index is 9.90. The number of nitrogens with zero attached hydrogens (tertiary/aromatic N) is 3. The molecule has 112 valence electrons. The van der Waals surface area contributed by atoms with Crippen molar-refractivity contribution in [1.82, 2.24) is 0 Å². The number of hydrogen-bond donors (Lipinski definition) is 1. The normalized spacial score (nSPS) is 11.4. The molecule has 0 saturated carbocycles. The van der Waals surface area contributed by atoms with E-state index in [0.29, 0.717) is 5.75 Å². The highest BCUT2D eigenvalue weighted by atomic mass is 127. The number of hydrogen-bond acceptors (Lipinski definition) is 3.